The standard InChI is InChI=1S/C28H34ClN5O4/c1-2-3-4-14-33-24(16-25(35)34-18-22(30-28(33)34)19-9-11-21(29)12-10-19)32-15-6-8-23(32)26(36)31-13-5-7-20(17-31)27(37)38/h9-12,16,18,20,23H,2-8,13-15,17H2,1H3,(H,37,38)/t20-,23-/m0/s1. The molecule has 2 aliphatic heterocycles. The third-order valence-corrected chi connectivity index (χ3v) is 7.99. The fourth-order valence-electron chi connectivity index (χ4n) is 5.70. The zero-order chi connectivity index (χ0) is 26.8. The van der Waals surface area contributed by atoms with Gasteiger partial charge < -0.3 is 14.9 Å². The maximum atomic E-state index is 13.7. The Kier molecular flexibility index (Phi) is 7.74. The lowest BCUT2D eigenvalue weighted by atomic mass is 9.97. The molecule has 0 unspecified atom stereocenters. The molecule has 5 rings (SSSR count). The van der Waals surface area contributed by atoms with Gasteiger partial charge in [-0.15, -0.1) is 0 Å². The van der Waals surface area contributed by atoms with E-state index in [1.165, 1.54) is 0 Å². The number of nitrogens with zero attached hydrogens (tertiary/aromatic N) is 5. The molecular formula is C28H34ClN5O4. The number of hydrogen-bond acceptors (Lipinski definition) is 5. The van der Waals surface area contributed by atoms with E-state index in [-0.39, 0.29) is 18.0 Å². The van der Waals surface area contributed by atoms with Gasteiger partial charge in [-0.2, -0.15) is 0 Å². The first-order chi connectivity index (χ1) is 18.4. The lowest BCUT2D eigenvalue weighted by Gasteiger charge is -2.36. The summed E-state index contributed by atoms with van der Waals surface area (Å²) in [4.78, 5) is 47.2. The van der Waals surface area contributed by atoms with E-state index in [2.05, 4.69) is 11.5 Å². The first kappa shape index (κ1) is 26.3. The summed E-state index contributed by atoms with van der Waals surface area (Å²) >= 11 is 6.07. The molecule has 10 heteroatoms. The number of likely N-dealkylation sites (tertiary alicyclic amines) is 1. The molecule has 0 bridgehead atoms. The second-order valence-electron chi connectivity index (χ2n) is 10.3. The number of anilines is 1. The second kappa shape index (κ2) is 11.2. The largest absolute Gasteiger partial charge is 0.481 e. The van der Waals surface area contributed by atoms with Gasteiger partial charge in [0.15, 0.2) is 0 Å². The first-order valence-electron chi connectivity index (χ1n) is 13.5. The number of aryl methyl sites for hydroxylation is 1. The van der Waals surface area contributed by atoms with Crippen LogP contribution in [0.5, 0.6) is 0 Å². The Morgan fingerprint density at radius 1 is 1.11 bits per heavy atom. The van der Waals surface area contributed by atoms with Crippen molar-refractivity contribution in [2.24, 2.45) is 5.92 Å². The van der Waals surface area contributed by atoms with Gasteiger partial charge in [0.1, 0.15) is 11.9 Å². The molecule has 0 aliphatic carbocycles. The Hall–Kier alpha value is -3.33. The van der Waals surface area contributed by atoms with Gasteiger partial charge in [0.2, 0.25) is 11.7 Å². The van der Waals surface area contributed by atoms with Gasteiger partial charge in [-0.1, -0.05) is 43.5 Å². The van der Waals surface area contributed by atoms with Crippen LogP contribution < -0.4 is 10.5 Å². The number of carbonyl (C=O) groups is 2. The number of imidazole rings is 1. The predicted octanol–water partition coefficient (Wildman–Crippen LogP) is 4.30. The highest BCUT2D eigenvalue weighted by atomic mass is 35.5. The topological polar surface area (TPSA) is 100 Å². The van der Waals surface area contributed by atoms with Crippen molar-refractivity contribution in [3.05, 3.63) is 51.9 Å². The zero-order valence-electron chi connectivity index (χ0n) is 21.7. The molecule has 1 amide bonds. The van der Waals surface area contributed by atoms with Crippen LogP contribution in [0.15, 0.2) is 41.3 Å². The number of fused-ring (bicyclic) bond motifs is 1. The molecule has 9 nitrogen and oxygen atoms in total. The Labute approximate surface area is 226 Å². The number of carbonyl (C=O) groups excluding carboxylic acids is 1. The molecule has 2 aromatic heterocycles. The molecule has 1 N–H and O–H groups in total. The van der Waals surface area contributed by atoms with Crippen LogP contribution in [0.3, 0.4) is 0 Å². The van der Waals surface area contributed by atoms with Crippen molar-refractivity contribution in [1.82, 2.24) is 18.9 Å². The molecule has 0 radical (unpaired) electrons. The lowest BCUT2D eigenvalue weighted by molar-refractivity contribution is -0.146. The van der Waals surface area contributed by atoms with Crippen LogP contribution in [0.2, 0.25) is 5.02 Å². The molecule has 4 heterocycles. The van der Waals surface area contributed by atoms with Gasteiger partial charge in [0.05, 0.1) is 11.6 Å². The van der Waals surface area contributed by atoms with Crippen LogP contribution in [0.25, 0.3) is 17.0 Å². The zero-order valence-corrected chi connectivity index (χ0v) is 22.4. The van der Waals surface area contributed by atoms with Crippen molar-refractivity contribution in [3.63, 3.8) is 0 Å². The van der Waals surface area contributed by atoms with Crippen LogP contribution >= 0.6 is 11.6 Å². The van der Waals surface area contributed by atoms with Crippen molar-refractivity contribution in [2.45, 2.75) is 64.5 Å². The number of halogens is 1. The van der Waals surface area contributed by atoms with Crippen LogP contribution in [0.1, 0.15) is 51.9 Å². The van der Waals surface area contributed by atoms with E-state index in [1.54, 1.807) is 33.7 Å². The van der Waals surface area contributed by atoms with Gasteiger partial charge in [-0.25, -0.2) is 4.98 Å². The van der Waals surface area contributed by atoms with Crippen molar-refractivity contribution in [2.75, 3.05) is 24.5 Å². The summed E-state index contributed by atoms with van der Waals surface area (Å²) in [6.45, 7) is 4.28. The number of piperidine rings is 1. The molecule has 0 saturated carbocycles. The maximum Gasteiger partial charge on any atom is 0.308 e. The van der Waals surface area contributed by atoms with Crippen molar-refractivity contribution < 1.29 is 14.7 Å². The van der Waals surface area contributed by atoms with E-state index in [0.29, 0.717) is 61.2 Å². The second-order valence-corrected chi connectivity index (χ2v) is 10.8. The Morgan fingerprint density at radius 3 is 2.61 bits per heavy atom. The van der Waals surface area contributed by atoms with Crippen LogP contribution in [-0.4, -0.2) is 61.5 Å². The number of aliphatic carboxylic acids is 1. The molecule has 0 spiro atoms. The predicted molar refractivity (Wildman–Crippen MR) is 147 cm³/mol. The molecule has 2 aliphatic rings. The van der Waals surface area contributed by atoms with Crippen LogP contribution in [0.4, 0.5) is 5.82 Å². The number of aromatic nitrogens is 3. The van der Waals surface area contributed by atoms with Crippen molar-refractivity contribution >= 4 is 35.1 Å². The van der Waals surface area contributed by atoms with Crippen molar-refractivity contribution in [1.29, 1.82) is 0 Å². The molecular weight excluding hydrogens is 506 g/mol. The van der Waals surface area contributed by atoms with E-state index < -0.39 is 17.9 Å². The van der Waals surface area contributed by atoms with E-state index in [0.717, 1.165) is 31.2 Å². The van der Waals surface area contributed by atoms with E-state index >= 15 is 0 Å². The van der Waals surface area contributed by atoms with Gasteiger partial charge in [-0.3, -0.25) is 23.4 Å². The fraction of sp³-hybridized carbons (Fsp3) is 0.500. The highest BCUT2D eigenvalue weighted by Gasteiger charge is 2.38. The number of unbranched alkanes of at least 4 members (excludes halogenated alkanes) is 2. The Morgan fingerprint density at radius 2 is 1.87 bits per heavy atom. The third-order valence-electron chi connectivity index (χ3n) is 7.73. The number of rotatable bonds is 8. The van der Waals surface area contributed by atoms with Gasteiger partial charge in [0.25, 0.3) is 5.56 Å². The smallest absolute Gasteiger partial charge is 0.308 e. The van der Waals surface area contributed by atoms with Crippen molar-refractivity contribution in [3.8, 4) is 11.3 Å². The fourth-order valence-corrected chi connectivity index (χ4v) is 5.83. The minimum Gasteiger partial charge on any atom is -0.481 e. The Bertz CT molecular complexity index is 1380. The molecule has 38 heavy (non-hydrogen) atoms. The summed E-state index contributed by atoms with van der Waals surface area (Å²) in [6.07, 6.45) is 7.55. The number of hydrogen-bond donors (Lipinski definition) is 1. The molecule has 2 saturated heterocycles. The maximum absolute atomic E-state index is 13.7. The van der Waals surface area contributed by atoms with Gasteiger partial charge in [0, 0.05) is 49.0 Å². The van der Waals surface area contributed by atoms with Crippen LogP contribution in [0, 0.1) is 5.92 Å². The number of amides is 1. The quantitative estimate of drug-likeness (QED) is 0.428. The summed E-state index contributed by atoms with van der Waals surface area (Å²) in [7, 11) is 0. The molecule has 2 fully saturated rings. The monoisotopic (exact) mass is 539 g/mol. The van der Waals surface area contributed by atoms with Gasteiger partial charge >= 0.3 is 5.97 Å². The van der Waals surface area contributed by atoms with E-state index in [4.69, 9.17) is 16.6 Å². The average Bonchev–Trinajstić information content (AvgIpc) is 3.58. The lowest BCUT2D eigenvalue weighted by Crippen LogP contribution is -2.50. The minimum absolute atomic E-state index is 0.0499. The average molecular weight is 540 g/mol. The number of carboxylic acids is 1. The van der Waals surface area contributed by atoms with Crippen LogP contribution in [-0.2, 0) is 16.1 Å². The molecule has 1 aromatic carbocycles. The summed E-state index contributed by atoms with van der Waals surface area (Å²) in [5.41, 5.74) is 1.35. The molecule has 202 valence electrons. The van der Waals surface area contributed by atoms with Gasteiger partial charge in [-0.05, 0) is 44.2 Å². The summed E-state index contributed by atoms with van der Waals surface area (Å²) in [5, 5.41) is 10.1. The van der Waals surface area contributed by atoms with E-state index in [9.17, 15) is 19.5 Å². The summed E-state index contributed by atoms with van der Waals surface area (Å²) < 4.78 is 3.65. The number of carboxylic acid groups (broad SMARTS) is 1. The minimum atomic E-state index is -0.850. The highest BCUT2D eigenvalue weighted by molar-refractivity contribution is 6.30. The Balaban J connectivity index is 1.53. The first-order valence-corrected chi connectivity index (χ1v) is 13.9. The molecule has 3 aromatic rings. The number of benzene rings is 1. The highest BCUT2D eigenvalue weighted by Crippen LogP contribution is 2.30. The summed E-state index contributed by atoms with van der Waals surface area (Å²) in [5.74, 6) is -0.171. The third kappa shape index (κ3) is 5.16. The molecule has 2 atom stereocenters. The SMILES string of the molecule is CCCCCn1c(N2CCC[C@H]2C(=O)N2CCC[C@H](C(=O)O)C2)cc(=O)n2cc(-c3ccc(Cl)cc3)nc12. The van der Waals surface area contributed by atoms with E-state index in [1.807, 2.05) is 17.0 Å². The normalized spacial score (nSPS) is 19.8. The summed E-state index contributed by atoms with van der Waals surface area (Å²) in [6, 6.07) is 8.57.